The van der Waals surface area contributed by atoms with Crippen LogP contribution in [0.5, 0.6) is 0 Å². The molecule has 1 aromatic carbocycles. The van der Waals surface area contributed by atoms with E-state index in [4.69, 9.17) is 10.3 Å². The Balaban J connectivity index is 1.86. The van der Waals surface area contributed by atoms with Crippen molar-refractivity contribution in [3.63, 3.8) is 0 Å². The van der Waals surface area contributed by atoms with Crippen molar-refractivity contribution in [2.24, 2.45) is 0 Å². The molecule has 2 N–H and O–H groups in total. The molecule has 0 radical (unpaired) electrons. The highest BCUT2D eigenvalue weighted by Gasteiger charge is 2.20. The van der Waals surface area contributed by atoms with E-state index in [1.165, 1.54) is 29.1 Å². The second kappa shape index (κ2) is 6.32. The van der Waals surface area contributed by atoms with Gasteiger partial charge in [0.15, 0.2) is 5.82 Å². The Labute approximate surface area is 139 Å². The van der Waals surface area contributed by atoms with Gasteiger partial charge < -0.3 is 10.3 Å². The van der Waals surface area contributed by atoms with E-state index in [-0.39, 0.29) is 17.0 Å². The van der Waals surface area contributed by atoms with Crippen molar-refractivity contribution in [2.45, 2.75) is 17.8 Å². The number of benzene rings is 1. The van der Waals surface area contributed by atoms with Gasteiger partial charge in [-0.15, -0.1) is 10.2 Å². The van der Waals surface area contributed by atoms with Crippen LogP contribution in [0, 0.1) is 22.9 Å². The fourth-order valence-electron chi connectivity index (χ4n) is 2.17. The molecular formula is C14H12FN5O3S. The summed E-state index contributed by atoms with van der Waals surface area (Å²) in [5, 5.41) is 19.3. The molecule has 2 aromatic heterocycles. The maximum absolute atomic E-state index is 13.9. The van der Waals surface area contributed by atoms with E-state index >= 15 is 0 Å². The van der Waals surface area contributed by atoms with Gasteiger partial charge in [-0.25, -0.2) is 9.07 Å². The lowest BCUT2D eigenvalue weighted by atomic mass is 10.2. The molecule has 0 saturated heterocycles. The van der Waals surface area contributed by atoms with Crippen molar-refractivity contribution < 1.29 is 13.7 Å². The normalized spacial score (nSPS) is 10.9. The average Bonchev–Trinajstić information content (AvgIpc) is 3.11. The van der Waals surface area contributed by atoms with Crippen LogP contribution in [-0.4, -0.2) is 19.8 Å². The van der Waals surface area contributed by atoms with Crippen LogP contribution in [-0.2, 0) is 5.75 Å². The summed E-state index contributed by atoms with van der Waals surface area (Å²) in [7, 11) is 0. The molecule has 10 heteroatoms. The molecule has 24 heavy (non-hydrogen) atoms. The number of nitrogen functional groups attached to an aromatic ring is 1. The van der Waals surface area contributed by atoms with Gasteiger partial charge in [-0.05, 0) is 19.1 Å². The van der Waals surface area contributed by atoms with Crippen molar-refractivity contribution in [3.8, 4) is 11.4 Å². The number of nitrogens with zero attached hydrogens (tertiary/aromatic N) is 4. The molecule has 3 rings (SSSR count). The van der Waals surface area contributed by atoms with Gasteiger partial charge in [-0.1, -0.05) is 17.8 Å². The fourth-order valence-corrected chi connectivity index (χ4v) is 3.06. The Kier molecular flexibility index (Phi) is 4.21. The topological polar surface area (TPSA) is 113 Å². The molecule has 0 amide bonds. The summed E-state index contributed by atoms with van der Waals surface area (Å²) >= 11 is 1.06. The number of aryl methyl sites for hydroxylation is 1. The van der Waals surface area contributed by atoms with Crippen LogP contribution in [0.15, 0.2) is 40.1 Å². The molecule has 2 heterocycles. The average molecular weight is 349 g/mol. The fraction of sp³-hybridized carbons (Fsp3) is 0.143. The minimum atomic E-state index is -0.648. The predicted octanol–water partition coefficient (Wildman–Crippen LogP) is 2.90. The SMILES string of the molecule is Cc1occc1-c1nnc(SCc2c(F)cccc2[N+](=O)[O-])n1N. The highest BCUT2D eigenvalue weighted by molar-refractivity contribution is 7.98. The lowest BCUT2D eigenvalue weighted by Gasteiger charge is -2.05. The minimum absolute atomic E-state index is 0.00267. The van der Waals surface area contributed by atoms with Crippen molar-refractivity contribution in [2.75, 3.05) is 5.84 Å². The summed E-state index contributed by atoms with van der Waals surface area (Å²) in [4.78, 5) is 10.4. The van der Waals surface area contributed by atoms with Gasteiger partial charge in [-0.3, -0.25) is 10.1 Å². The molecule has 124 valence electrons. The summed E-state index contributed by atoms with van der Waals surface area (Å²) < 4.78 is 20.3. The number of furan rings is 1. The van der Waals surface area contributed by atoms with Crippen LogP contribution in [0.2, 0.25) is 0 Å². The Hall–Kier alpha value is -2.88. The van der Waals surface area contributed by atoms with Crippen molar-refractivity contribution >= 4 is 17.4 Å². The molecule has 0 unspecified atom stereocenters. The van der Waals surface area contributed by atoms with Gasteiger partial charge in [0, 0.05) is 11.8 Å². The molecule has 0 aliphatic carbocycles. The number of thioether (sulfide) groups is 1. The first-order chi connectivity index (χ1) is 11.5. The van der Waals surface area contributed by atoms with Crippen molar-refractivity contribution in [1.82, 2.24) is 14.9 Å². The summed E-state index contributed by atoms with van der Waals surface area (Å²) in [6.45, 7) is 1.76. The Morgan fingerprint density at radius 1 is 1.42 bits per heavy atom. The number of aromatic nitrogens is 3. The monoisotopic (exact) mass is 349 g/mol. The third kappa shape index (κ3) is 2.83. The standard InChI is InChI=1S/C14H12FN5O3S/c1-8-9(5-6-23-8)13-17-18-14(19(13)16)24-7-10-11(15)3-2-4-12(10)20(21)22/h2-6H,7,16H2,1H3. The van der Waals surface area contributed by atoms with Gasteiger partial charge in [0.1, 0.15) is 11.6 Å². The first-order valence-corrected chi connectivity index (χ1v) is 7.77. The summed E-state index contributed by atoms with van der Waals surface area (Å²) in [6.07, 6.45) is 1.51. The molecule has 0 saturated carbocycles. The first-order valence-electron chi connectivity index (χ1n) is 6.78. The minimum Gasteiger partial charge on any atom is -0.469 e. The number of nitro benzene ring substituents is 1. The number of nitro groups is 1. The molecule has 0 spiro atoms. The molecule has 0 aliphatic heterocycles. The maximum atomic E-state index is 13.9. The van der Waals surface area contributed by atoms with Crippen LogP contribution in [0.4, 0.5) is 10.1 Å². The van der Waals surface area contributed by atoms with Gasteiger partial charge in [0.25, 0.3) is 5.69 Å². The Morgan fingerprint density at radius 2 is 2.21 bits per heavy atom. The van der Waals surface area contributed by atoms with Crippen LogP contribution in [0.25, 0.3) is 11.4 Å². The van der Waals surface area contributed by atoms with Crippen molar-refractivity contribution in [3.05, 3.63) is 57.8 Å². The largest absolute Gasteiger partial charge is 0.469 e. The van der Waals surface area contributed by atoms with E-state index in [1.54, 1.807) is 13.0 Å². The highest BCUT2D eigenvalue weighted by atomic mass is 32.2. The quantitative estimate of drug-likeness (QED) is 0.326. The first kappa shape index (κ1) is 16.0. The number of hydrogen-bond acceptors (Lipinski definition) is 7. The van der Waals surface area contributed by atoms with Crippen LogP contribution < -0.4 is 5.84 Å². The van der Waals surface area contributed by atoms with E-state index in [9.17, 15) is 14.5 Å². The van der Waals surface area contributed by atoms with Crippen LogP contribution >= 0.6 is 11.8 Å². The number of hydrogen-bond donors (Lipinski definition) is 1. The van der Waals surface area contributed by atoms with Gasteiger partial charge >= 0.3 is 0 Å². The maximum Gasteiger partial charge on any atom is 0.276 e. The number of rotatable bonds is 5. The van der Waals surface area contributed by atoms with Crippen LogP contribution in [0.3, 0.4) is 0 Å². The summed E-state index contributed by atoms with van der Waals surface area (Å²) in [6, 6.07) is 5.44. The molecule has 0 fully saturated rings. The molecule has 8 nitrogen and oxygen atoms in total. The molecular weight excluding hydrogens is 337 g/mol. The predicted molar refractivity (Wildman–Crippen MR) is 85.2 cm³/mol. The second-order valence-corrected chi connectivity index (χ2v) is 5.79. The zero-order chi connectivity index (χ0) is 17.3. The zero-order valence-corrected chi connectivity index (χ0v) is 13.3. The van der Waals surface area contributed by atoms with Gasteiger partial charge in [-0.2, -0.15) is 0 Å². The third-order valence-corrected chi connectivity index (χ3v) is 4.37. The van der Waals surface area contributed by atoms with E-state index in [2.05, 4.69) is 10.2 Å². The number of halogens is 1. The van der Waals surface area contributed by atoms with E-state index in [0.29, 0.717) is 22.3 Å². The highest BCUT2D eigenvalue weighted by Crippen LogP contribution is 2.30. The molecule has 0 aliphatic rings. The lowest BCUT2D eigenvalue weighted by molar-refractivity contribution is -0.385. The zero-order valence-electron chi connectivity index (χ0n) is 12.5. The third-order valence-electron chi connectivity index (χ3n) is 3.40. The molecule has 0 bridgehead atoms. The van der Waals surface area contributed by atoms with Gasteiger partial charge in [0.2, 0.25) is 5.16 Å². The van der Waals surface area contributed by atoms with Crippen LogP contribution in [0.1, 0.15) is 11.3 Å². The molecule has 3 aromatic rings. The summed E-state index contributed by atoms with van der Waals surface area (Å²) in [5.41, 5.74) is 0.391. The second-order valence-electron chi connectivity index (χ2n) is 4.85. The van der Waals surface area contributed by atoms with E-state index < -0.39 is 10.7 Å². The lowest BCUT2D eigenvalue weighted by Crippen LogP contribution is -2.11. The van der Waals surface area contributed by atoms with E-state index in [0.717, 1.165) is 11.8 Å². The Bertz CT molecular complexity index is 908. The number of nitrogens with two attached hydrogens (primary N) is 1. The van der Waals surface area contributed by atoms with E-state index in [1.807, 2.05) is 0 Å². The molecule has 0 atom stereocenters. The smallest absolute Gasteiger partial charge is 0.276 e. The van der Waals surface area contributed by atoms with Crippen molar-refractivity contribution in [1.29, 1.82) is 0 Å². The summed E-state index contributed by atoms with van der Waals surface area (Å²) in [5.74, 6) is 6.35. The Morgan fingerprint density at radius 3 is 2.88 bits per heavy atom. The van der Waals surface area contributed by atoms with Gasteiger partial charge in [0.05, 0.1) is 22.3 Å².